The fraction of sp³-hybridized carbons (Fsp3) is 0.333. The zero-order valence-electron chi connectivity index (χ0n) is 10.4. The number of rotatable bonds is 4. The fourth-order valence-corrected chi connectivity index (χ4v) is 2.18. The third-order valence-corrected chi connectivity index (χ3v) is 3.50. The van der Waals surface area contributed by atoms with Crippen molar-refractivity contribution in [1.82, 2.24) is 5.32 Å². The molecule has 0 amide bonds. The lowest BCUT2D eigenvalue weighted by atomic mass is 10.1. The molecule has 2 nitrogen and oxygen atoms in total. The Morgan fingerprint density at radius 2 is 2.11 bits per heavy atom. The molecule has 94 valence electrons. The van der Waals surface area contributed by atoms with E-state index in [4.69, 9.17) is 16.0 Å². The largest absolute Gasteiger partial charge is 0.460 e. The molecule has 3 heteroatoms. The van der Waals surface area contributed by atoms with Crippen molar-refractivity contribution < 1.29 is 4.42 Å². The van der Waals surface area contributed by atoms with Crippen molar-refractivity contribution in [3.05, 3.63) is 46.7 Å². The predicted octanol–water partition coefficient (Wildman–Crippen LogP) is 4.16. The molecular formula is C15H16ClNO. The number of hydrogen-bond acceptors (Lipinski definition) is 2. The Balaban J connectivity index is 1.80. The monoisotopic (exact) mass is 261 g/mol. The van der Waals surface area contributed by atoms with E-state index in [1.807, 2.05) is 30.3 Å². The van der Waals surface area contributed by atoms with Gasteiger partial charge in [-0.2, -0.15) is 0 Å². The molecule has 1 saturated carbocycles. The second kappa shape index (κ2) is 4.79. The first kappa shape index (κ1) is 11.8. The van der Waals surface area contributed by atoms with E-state index in [-0.39, 0.29) is 0 Å². The van der Waals surface area contributed by atoms with Crippen LogP contribution in [-0.2, 0) is 6.54 Å². The highest BCUT2D eigenvalue weighted by Gasteiger charge is 2.20. The van der Waals surface area contributed by atoms with Crippen molar-refractivity contribution in [3.8, 4) is 11.3 Å². The molecule has 0 spiro atoms. The lowest BCUT2D eigenvalue weighted by Gasteiger charge is -2.03. The molecule has 2 aromatic rings. The molecule has 0 atom stereocenters. The van der Waals surface area contributed by atoms with Crippen LogP contribution in [0.1, 0.15) is 24.2 Å². The first-order chi connectivity index (χ1) is 8.72. The van der Waals surface area contributed by atoms with Gasteiger partial charge in [-0.1, -0.05) is 17.7 Å². The molecule has 3 rings (SSSR count). The van der Waals surface area contributed by atoms with Crippen molar-refractivity contribution in [3.63, 3.8) is 0 Å². The van der Waals surface area contributed by atoms with Crippen LogP contribution in [0.3, 0.4) is 0 Å². The summed E-state index contributed by atoms with van der Waals surface area (Å²) in [5.41, 5.74) is 2.25. The van der Waals surface area contributed by atoms with Gasteiger partial charge in [0.1, 0.15) is 11.5 Å². The van der Waals surface area contributed by atoms with Gasteiger partial charge in [0.15, 0.2) is 0 Å². The molecule has 1 aromatic carbocycles. The van der Waals surface area contributed by atoms with Crippen LogP contribution in [0.4, 0.5) is 0 Å². The molecule has 1 aliphatic rings. The summed E-state index contributed by atoms with van der Waals surface area (Å²) in [5, 5.41) is 4.18. The Morgan fingerprint density at radius 3 is 2.89 bits per heavy atom. The Bertz CT molecular complexity index is 557. The quantitative estimate of drug-likeness (QED) is 0.894. The Kier molecular flexibility index (Phi) is 3.14. The summed E-state index contributed by atoms with van der Waals surface area (Å²) in [4.78, 5) is 0. The molecule has 1 aromatic heterocycles. The molecule has 1 aliphatic carbocycles. The third kappa shape index (κ3) is 2.60. The van der Waals surface area contributed by atoms with Crippen LogP contribution in [0.15, 0.2) is 34.7 Å². The third-order valence-electron chi connectivity index (χ3n) is 3.27. The summed E-state index contributed by atoms with van der Waals surface area (Å²) in [6.07, 6.45) is 2.59. The van der Waals surface area contributed by atoms with E-state index in [2.05, 4.69) is 12.2 Å². The summed E-state index contributed by atoms with van der Waals surface area (Å²) in [6.45, 7) is 2.88. The van der Waals surface area contributed by atoms with Crippen LogP contribution in [0.2, 0.25) is 5.02 Å². The van der Waals surface area contributed by atoms with Crippen molar-refractivity contribution in [2.24, 2.45) is 0 Å². The summed E-state index contributed by atoms with van der Waals surface area (Å²) in [6, 6.07) is 10.6. The molecule has 0 saturated heterocycles. The molecule has 0 bridgehead atoms. The first-order valence-electron chi connectivity index (χ1n) is 6.31. The van der Waals surface area contributed by atoms with Crippen LogP contribution >= 0.6 is 11.6 Å². The Hall–Kier alpha value is -1.25. The van der Waals surface area contributed by atoms with Gasteiger partial charge in [-0.25, -0.2) is 0 Å². The minimum absolute atomic E-state index is 0.700. The van der Waals surface area contributed by atoms with Gasteiger partial charge >= 0.3 is 0 Å². The molecule has 0 aliphatic heterocycles. The summed E-state index contributed by atoms with van der Waals surface area (Å²) < 4.78 is 5.86. The second-order valence-corrected chi connectivity index (χ2v) is 5.32. The maximum atomic E-state index is 6.03. The number of hydrogen-bond donors (Lipinski definition) is 1. The van der Waals surface area contributed by atoms with Gasteiger partial charge in [0.25, 0.3) is 0 Å². The van der Waals surface area contributed by atoms with Gasteiger partial charge in [0.05, 0.1) is 6.54 Å². The van der Waals surface area contributed by atoms with Crippen molar-refractivity contribution >= 4 is 11.6 Å². The van der Waals surface area contributed by atoms with Crippen molar-refractivity contribution in [2.75, 3.05) is 0 Å². The lowest BCUT2D eigenvalue weighted by Crippen LogP contribution is -2.14. The maximum absolute atomic E-state index is 6.03. The van der Waals surface area contributed by atoms with Crippen LogP contribution in [0.5, 0.6) is 0 Å². The molecule has 1 fully saturated rings. The Labute approximate surface area is 112 Å². The van der Waals surface area contributed by atoms with Gasteiger partial charge in [-0.05, 0) is 49.6 Å². The molecular weight excluding hydrogens is 246 g/mol. The lowest BCUT2D eigenvalue weighted by molar-refractivity contribution is 0.492. The van der Waals surface area contributed by atoms with Gasteiger partial charge in [0.2, 0.25) is 0 Å². The van der Waals surface area contributed by atoms with Crippen molar-refractivity contribution in [2.45, 2.75) is 32.4 Å². The summed E-state index contributed by atoms with van der Waals surface area (Å²) >= 11 is 6.03. The number of benzene rings is 1. The highest BCUT2D eigenvalue weighted by atomic mass is 35.5. The number of aryl methyl sites for hydroxylation is 1. The summed E-state index contributed by atoms with van der Waals surface area (Å²) in [5.74, 6) is 1.87. The van der Waals surface area contributed by atoms with E-state index in [0.29, 0.717) is 6.04 Å². The average molecular weight is 262 g/mol. The highest BCUT2D eigenvalue weighted by Crippen LogP contribution is 2.28. The van der Waals surface area contributed by atoms with E-state index in [1.165, 1.54) is 18.4 Å². The normalized spacial score (nSPS) is 15.0. The van der Waals surface area contributed by atoms with Crippen LogP contribution < -0.4 is 5.32 Å². The SMILES string of the molecule is Cc1ccc(Cl)cc1-c1ccc(CNC2CC2)o1. The van der Waals surface area contributed by atoms with Gasteiger partial charge in [-0.3, -0.25) is 0 Å². The fourth-order valence-electron chi connectivity index (χ4n) is 2.01. The average Bonchev–Trinajstić information content (AvgIpc) is 3.08. The summed E-state index contributed by atoms with van der Waals surface area (Å²) in [7, 11) is 0. The van der Waals surface area contributed by atoms with Gasteiger partial charge in [-0.15, -0.1) is 0 Å². The van der Waals surface area contributed by atoms with Crippen LogP contribution in [0.25, 0.3) is 11.3 Å². The zero-order chi connectivity index (χ0) is 12.5. The van der Waals surface area contributed by atoms with Gasteiger partial charge < -0.3 is 9.73 Å². The minimum Gasteiger partial charge on any atom is -0.460 e. The topological polar surface area (TPSA) is 25.2 Å². The van der Waals surface area contributed by atoms with Crippen molar-refractivity contribution in [1.29, 1.82) is 0 Å². The van der Waals surface area contributed by atoms with E-state index >= 15 is 0 Å². The van der Waals surface area contributed by atoms with Gasteiger partial charge in [0, 0.05) is 16.6 Å². The standard InChI is InChI=1S/C15H16ClNO/c1-10-2-3-11(16)8-14(10)15-7-6-13(18-15)9-17-12-4-5-12/h2-3,6-8,12,17H,4-5,9H2,1H3. The predicted molar refractivity (Wildman–Crippen MR) is 73.8 cm³/mol. The Morgan fingerprint density at radius 1 is 1.28 bits per heavy atom. The van der Waals surface area contributed by atoms with E-state index in [1.54, 1.807) is 0 Å². The first-order valence-corrected chi connectivity index (χ1v) is 6.69. The smallest absolute Gasteiger partial charge is 0.134 e. The molecule has 18 heavy (non-hydrogen) atoms. The number of halogens is 1. The second-order valence-electron chi connectivity index (χ2n) is 4.88. The van der Waals surface area contributed by atoms with Crippen LogP contribution in [-0.4, -0.2) is 6.04 Å². The number of nitrogens with one attached hydrogen (secondary N) is 1. The molecule has 1 heterocycles. The van der Waals surface area contributed by atoms with E-state index in [9.17, 15) is 0 Å². The van der Waals surface area contributed by atoms with Crippen LogP contribution in [0, 0.1) is 6.92 Å². The minimum atomic E-state index is 0.700. The van der Waals surface area contributed by atoms with E-state index < -0.39 is 0 Å². The highest BCUT2D eigenvalue weighted by molar-refractivity contribution is 6.30. The number of furan rings is 1. The van der Waals surface area contributed by atoms with E-state index in [0.717, 1.165) is 28.7 Å². The zero-order valence-corrected chi connectivity index (χ0v) is 11.1. The molecule has 0 unspecified atom stereocenters. The maximum Gasteiger partial charge on any atom is 0.134 e. The molecule has 1 N–H and O–H groups in total. The molecule has 0 radical (unpaired) electrons.